The van der Waals surface area contributed by atoms with Gasteiger partial charge in [0.2, 0.25) is 10.0 Å². The van der Waals surface area contributed by atoms with E-state index in [9.17, 15) is 8.42 Å². The van der Waals surface area contributed by atoms with Gasteiger partial charge in [-0.1, -0.05) is 13.3 Å². The van der Waals surface area contributed by atoms with Crippen molar-refractivity contribution < 1.29 is 8.42 Å². The topological polar surface area (TPSA) is 67.2 Å². The Labute approximate surface area is 121 Å². The third-order valence-electron chi connectivity index (χ3n) is 3.59. The van der Waals surface area contributed by atoms with Crippen LogP contribution in [0.4, 0.5) is 5.69 Å². The summed E-state index contributed by atoms with van der Waals surface area (Å²) in [5.41, 5.74) is 1.06. The highest BCUT2D eigenvalue weighted by Gasteiger charge is 2.24. The van der Waals surface area contributed by atoms with Gasteiger partial charge in [-0.25, -0.2) is 13.1 Å². The molecule has 0 amide bonds. The van der Waals surface area contributed by atoms with Gasteiger partial charge in [-0.15, -0.1) is 0 Å². The van der Waals surface area contributed by atoms with Crippen molar-refractivity contribution in [3.05, 3.63) is 12.4 Å². The second-order valence-electron chi connectivity index (χ2n) is 5.45. The molecule has 0 saturated carbocycles. The average Bonchev–Trinajstić information content (AvgIpc) is 2.83. The molecule has 0 radical (unpaired) electrons. The Morgan fingerprint density at radius 1 is 1.50 bits per heavy atom. The molecule has 1 fully saturated rings. The van der Waals surface area contributed by atoms with Crippen molar-refractivity contribution in [2.24, 2.45) is 7.05 Å². The van der Waals surface area contributed by atoms with E-state index in [1.54, 1.807) is 4.68 Å². The van der Waals surface area contributed by atoms with Crippen LogP contribution in [-0.4, -0.2) is 43.1 Å². The number of piperidine rings is 1. The second-order valence-corrected chi connectivity index (χ2v) is 7.32. The highest BCUT2D eigenvalue weighted by atomic mass is 32.2. The summed E-state index contributed by atoms with van der Waals surface area (Å²) < 4.78 is 28.5. The number of hydrogen-bond donors (Lipinski definition) is 1. The van der Waals surface area contributed by atoms with Crippen LogP contribution in [0, 0.1) is 0 Å². The third-order valence-corrected chi connectivity index (χ3v) is 5.11. The summed E-state index contributed by atoms with van der Waals surface area (Å²) in [4.78, 5) is 2.20. The van der Waals surface area contributed by atoms with Gasteiger partial charge in [0.1, 0.15) is 0 Å². The SMILES string of the molecule is CCCCS(=O)(=O)N[C@H]1CCCN(c2cnn(C)c2)C1. The molecule has 1 atom stereocenters. The predicted octanol–water partition coefficient (Wildman–Crippen LogP) is 1.11. The lowest BCUT2D eigenvalue weighted by molar-refractivity contribution is 0.465. The van der Waals surface area contributed by atoms with Crippen molar-refractivity contribution in [3.63, 3.8) is 0 Å². The molecule has 1 aromatic heterocycles. The molecule has 20 heavy (non-hydrogen) atoms. The van der Waals surface area contributed by atoms with Gasteiger partial charge in [0.25, 0.3) is 0 Å². The molecule has 6 nitrogen and oxygen atoms in total. The predicted molar refractivity (Wildman–Crippen MR) is 80.3 cm³/mol. The first-order valence-electron chi connectivity index (χ1n) is 7.24. The quantitative estimate of drug-likeness (QED) is 0.854. The van der Waals surface area contributed by atoms with Crippen LogP contribution in [0.2, 0.25) is 0 Å². The van der Waals surface area contributed by atoms with Crippen LogP contribution < -0.4 is 9.62 Å². The van der Waals surface area contributed by atoms with Crippen molar-refractivity contribution in [2.75, 3.05) is 23.7 Å². The maximum absolute atomic E-state index is 12.0. The lowest BCUT2D eigenvalue weighted by atomic mass is 10.1. The van der Waals surface area contributed by atoms with Crippen molar-refractivity contribution in [2.45, 2.75) is 38.6 Å². The van der Waals surface area contributed by atoms with Crippen molar-refractivity contribution in [1.82, 2.24) is 14.5 Å². The molecule has 0 aromatic carbocycles. The Balaban J connectivity index is 1.93. The van der Waals surface area contributed by atoms with E-state index in [-0.39, 0.29) is 11.8 Å². The molecule has 0 unspecified atom stereocenters. The summed E-state index contributed by atoms with van der Waals surface area (Å²) in [6.07, 6.45) is 7.31. The van der Waals surface area contributed by atoms with Crippen LogP contribution in [0.5, 0.6) is 0 Å². The fourth-order valence-electron chi connectivity index (χ4n) is 2.53. The average molecular weight is 300 g/mol. The molecule has 1 saturated heterocycles. The van der Waals surface area contributed by atoms with Crippen LogP contribution in [-0.2, 0) is 17.1 Å². The van der Waals surface area contributed by atoms with Crippen LogP contribution in [0.25, 0.3) is 0 Å². The highest BCUT2D eigenvalue weighted by molar-refractivity contribution is 7.89. The minimum Gasteiger partial charge on any atom is -0.367 e. The zero-order chi connectivity index (χ0) is 14.6. The molecule has 0 aliphatic carbocycles. The van der Waals surface area contributed by atoms with Gasteiger partial charge < -0.3 is 4.90 Å². The number of nitrogens with zero attached hydrogens (tertiary/aromatic N) is 3. The van der Waals surface area contributed by atoms with E-state index in [1.807, 2.05) is 26.4 Å². The molecule has 1 aromatic rings. The van der Waals surface area contributed by atoms with E-state index < -0.39 is 10.0 Å². The maximum atomic E-state index is 12.0. The first kappa shape index (κ1) is 15.3. The molecule has 1 N–H and O–H groups in total. The van der Waals surface area contributed by atoms with Gasteiger partial charge in [-0.3, -0.25) is 4.68 Å². The van der Waals surface area contributed by atoms with E-state index in [0.717, 1.165) is 38.0 Å². The van der Waals surface area contributed by atoms with Crippen molar-refractivity contribution >= 4 is 15.7 Å². The first-order chi connectivity index (χ1) is 9.50. The Kier molecular flexibility index (Phi) is 5.04. The lowest BCUT2D eigenvalue weighted by Crippen LogP contribution is -2.48. The normalized spacial score (nSPS) is 20.3. The smallest absolute Gasteiger partial charge is 0.211 e. The van der Waals surface area contributed by atoms with Crippen molar-refractivity contribution in [1.29, 1.82) is 0 Å². The van der Waals surface area contributed by atoms with E-state index in [0.29, 0.717) is 6.42 Å². The fraction of sp³-hybridized carbons (Fsp3) is 0.769. The Morgan fingerprint density at radius 3 is 2.95 bits per heavy atom. The van der Waals surface area contributed by atoms with Crippen molar-refractivity contribution in [3.8, 4) is 0 Å². The van der Waals surface area contributed by atoms with Gasteiger partial charge in [0.15, 0.2) is 0 Å². The highest BCUT2D eigenvalue weighted by Crippen LogP contribution is 2.19. The standard InChI is InChI=1S/C13H24N4O2S/c1-3-4-8-20(18,19)15-12-6-5-7-17(10-12)13-9-14-16(2)11-13/h9,11-12,15H,3-8,10H2,1-2H3/t12-/m0/s1. The number of unbranched alkanes of at least 4 members (excludes halogenated alkanes) is 1. The summed E-state index contributed by atoms with van der Waals surface area (Å²) in [5, 5.41) is 4.17. The zero-order valence-corrected chi connectivity index (χ0v) is 13.1. The van der Waals surface area contributed by atoms with Crippen LogP contribution >= 0.6 is 0 Å². The Morgan fingerprint density at radius 2 is 2.30 bits per heavy atom. The summed E-state index contributed by atoms with van der Waals surface area (Å²) in [7, 11) is -1.25. The molecule has 1 aliphatic heterocycles. The number of nitrogens with one attached hydrogen (secondary N) is 1. The number of aryl methyl sites for hydroxylation is 1. The van der Waals surface area contributed by atoms with Gasteiger partial charge in [-0.2, -0.15) is 5.10 Å². The van der Waals surface area contributed by atoms with Gasteiger partial charge >= 0.3 is 0 Å². The lowest BCUT2D eigenvalue weighted by Gasteiger charge is -2.33. The number of rotatable bonds is 6. The van der Waals surface area contributed by atoms with E-state index in [4.69, 9.17) is 0 Å². The number of anilines is 1. The molecule has 114 valence electrons. The molecule has 1 aliphatic rings. The molecular weight excluding hydrogens is 276 g/mol. The molecule has 0 spiro atoms. The van der Waals surface area contributed by atoms with Gasteiger partial charge in [0, 0.05) is 32.4 Å². The van der Waals surface area contributed by atoms with E-state index >= 15 is 0 Å². The number of hydrogen-bond acceptors (Lipinski definition) is 4. The molecule has 2 heterocycles. The third kappa shape index (κ3) is 4.21. The largest absolute Gasteiger partial charge is 0.367 e. The summed E-state index contributed by atoms with van der Waals surface area (Å²) in [6.45, 7) is 3.68. The molecule has 2 rings (SSSR count). The summed E-state index contributed by atoms with van der Waals surface area (Å²) >= 11 is 0. The van der Waals surface area contributed by atoms with E-state index in [2.05, 4.69) is 14.7 Å². The minimum atomic E-state index is -3.14. The second kappa shape index (κ2) is 6.58. The number of aromatic nitrogens is 2. The van der Waals surface area contributed by atoms with E-state index in [1.165, 1.54) is 0 Å². The minimum absolute atomic E-state index is 0.00538. The molecule has 7 heteroatoms. The summed E-state index contributed by atoms with van der Waals surface area (Å²) in [5.74, 6) is 0.229. The fourth-order valence-corrected chi connectivity index (χ4v) is 4.01. The monoisotopic (exact) mass is 300 g/mol. The summed E-state index contributed by atoms with van der Waals surface area (Å²) in [6, 6.07) is 0.00538. The van der Waals surface area contributed by atoms with Gasteiger partial charge in [-0.05, 0) is 19.3 Å². The van der Waals surface area contributed by atoms with Crippen LogP contribution in [0.15, 0.2) is 12.4 Å². The Hall–Kier alpha value is -1.08. The first-order valence-corrected chi connectivity index (χ1v) is 8.89. The van der Waals surface area contributed by atoms with Crippen LogP contribution in [0.1, 0.15) is 32.6 Å². The molecular formula is C13H24N4O2S. The zero-order valence-electron chi connectivity index (χ0n) is 12.2. The maximum Gasteiger partial charge on any atom is 0.211 e. The molecule has 0 bridgehead atoms. The van der Waals surface area contributed by atoms with Crippen LogP contribution in [0.3, 0.4) is 0 Å². The number of sulfonamides is 1. The van der Waals surface area contributed by atoms with Gasteiger partial charge in [0.05, 0.1) is 17.6 Å². The Bertz CT molecular complexity index is 526.